The molecule has 1 saturated heterocycles. The number of rotatable bonds is 7. The Labute approximate surface area is 173 Å². The van der Waals surface area contributed by atoms with Crippen molar-refractivity contribution >= 4 is 5.97 Å². The molecule has 0 spiro atoms. The zero-order valence-corrected chi connectivity index (χ0v) is 16.8. The number of carbonyl (C=O) groups is 1. The van der Waals surface area contributed by atoms with Crippen LogP contribution in [0, 0.1) is 0 Å². The largest absolute Gasteiger partial charge is 0.483 e. The van der Waals surface area contributed by atoms with Gasteiger partial charge in [0.05, 0.1) is 12.2 Å². The molecular weight excluding hydrogens is 400 g/mol. The van der Waals surface area contributed by atoms with E-state index in [2.05, 4.69) is 0 Å². The van der Waals surface area contributed by atoms with Crippen molar-refractivity contribution in [3.05, 3.63) is 23.3 Å². The van der Waals surface area contributed by atoms with E-state index < -0.39 is 55.0 Å². The Morgan fingerprint density at radius 3 is 2.50 bits per heavy atom. The van der Waals surface area contributed by atoms with Gasteiger partial charge < -0.3 is 44.8 Å². The Balaban J connectivity index is 1.94. The lowest BCUT2D eigenvalue weighted by Crippen LogP contribution is -2.60. The zero-order valence-electron chi connectivity index (χ0n) is 16.8. The van der Waals surface area contributed by atoms with E-state index in [-0.39, 0.29) is 18.6 Å². The number of carboxylic acids is 1. The van der Waals surface area contributed by atoms with Crippen molar-refractivity contribution in [1.82, 2.24) is 0 Å². The highest BCUT2D eigenvalue weighted by molar-refractivity contribution is 5.67. The second-order valence-corrected chi connectivity index (χ2v) is 8.22. The smallest absolute Gasteiger partial charge is 0.303 e. The molecule has 10 heteroatoms. The van der Waals surface area contributed by atoms with Crippen molar-refractivity contribution in [1.29, 1.82) is 0 Å². The highest BCUT2D eigenvalue weighted by Crippen LogP contribution is 2.44. The van der Waals surface area contributed by atoms with E-state index >= 15 is 0 Å². The van der Waals surface area contributed by atoms with Gasteiger partial charge in [-0.05, 0) is 25.8 Å². The van der Waals surface area contributed by atoms with Crippen molar-refractivity contribution < 1.29 is 49.6 Å². The van der Waals surface area contributed by atoms with Crippen LogP contribution in [-0.2, 0) is 22.4 Å². The van der Waals surface area contributed by atoms with Gasteiger partial charge in [0, 0.05) is 18.4 Å². The molecule has 10 nitrogen and oxygen atoms in total. The predicted molar refractivity (Wildman–Crippen MR) is 101 cm³/mol. The minimum Gasteiger partial charge on any atom is -0.483 e. The molecule has 0 bridgehead atoms. The fourth-order valence-electron chi connectivity index (χ4n) is 3.56. The van der Waals surface area contributed by atoms with Gasteiger partial charge in [0.1, 0.15) is 30.5 Å². The van der Waals surface area contributed by atoms with Crippen molar-refractivity contribution in [2.45, 2.75) is 75.5 Å². The summed E-state index contributed by atoms with van der Waals surface area (Å²) in [6, 6.07) is 3.44. The summed E-state index contributed by atoms with van der Waals surface area (Å²) in [6.07, 6.45) is -7.64. The van der Waals surface area contributed by atoms with Gasteiger partial charge in [0.15, 0.2) is 11.5 Å². The number of aliphatic carboxylic acids is 1. The third-order valence-corrected chi connectivity index (χ3v) is 5.42. The molecule has 2 aliphatic heterocycles. The van der Waals surface area contributed by atoms with Gasteiger partial charge in [-0.25, -0.2) is 0 Å². The van der Waals surface area contributed by atoms with E-state index in [1.807, 2.05) is 0 Å². The lowest BCUT2D eigenvalue weighted by molar-refractivity contribution is -0.277. The van der Waals surface area contributed by atoms with Gasteiger partial charge in [-0.1, -0.05) is 12.1 Å². The van der Waals surface area contributed by atoms with Crippen LogP contribution in [0.1, 0.15) is 31.4 Å². The topological polar surface area (TPSA) is 166 Å². The summed E-state index contributed by atoms with van der Waals surface area (Å²) in [5, 5.41) is 59.0. The number of hydrogen-bond acceptors (Lipinski definition) is 9. The number of aliphatic hydroxyl groups excluding tert-OH is 4. The van der Waals surface area contributed by atoms with E-state index in [0.29, 0.717) is 17.7 Å². The van der Waals surface area contributed by atoms with Crippen molar-refractivity contribution in [2.24, 2.45) is 0 Å². The third-order valence-electron chi connectivity index (χ3n) is 5.42. The van der Waals surface area contributed by atoms with Crippen LogP contribution in [0.2, 0.25) is 0 Å². The normalized spacial score (nSPS) is 31.2. The van der Waals surface area contributed by atoms with E-state index in [1.54, 1.807) is 26.0 Å². The van der Waals surface area contributed by atoms with Gasteiger partial charge >= 0.3 is 5.97 Å². The zero-order chi connectivity index (χ0) is 22.2. The molecule has 2 heterocycles. The summed E-state index contributed by atoms with van der Waals surface area (Å²) in [5.74, 6) is -0.587. The molecule has 1 unspecified atom stereocenters. The Hall–Kier alpha value is -1.95. The summed E-state index contributed by atoms with van der Waals surface area (Å²) in [7, 11) is 0. The second-order valence-electron chi connectivity index (χ2n) is 8.22. The minimum absolute atomic E-state index is 0.103. The van der Waals surface area contributed by atoms with Crippen LogP contribution < -0.4 is 9.47 Å². The fourth-order valence-corrected chi connectivity index (χ4v) is 3.56. The van der Waals surface area contributed by atoms with E-state index in [4.69, 9.17) is 19.3 Å². The number of aliphatic hydroxyl groups is 5. The van der Waals surface area contributed by atoms with Crippen LogP contribution in [0.3, 0.4) is 0 Å². The summed E-state index contributed by atoms with van der Waals surface area (Å²) in [4.78, 5) is 11.0. The maximum absolute atomic E-state index is 11.0. The van der Waals surface area contributed by atoms with E-state index in [9.17, 15) is 30.3 Å². The number of carboxylic acid groups (broad SMARTS) is 1. The molecule has 0 saturated carbocycles. The number of benzene rings is 1. The molecular formula is C20H28O10. The van der Waals surface area contributed by atoms with Crippen LogP contribution in [0.5, 0.6) is 11.5 Å². The molecule has 1 aromatic rings. The maximum Gasteiger partial charge on any atom is 0.303 e. The lowest BCUT2D eigenvalue weighted by Gasteiger charge is -2.40. The number of aryl methyl sites for hydroxylation is 1. The number of fused-ring (bicyclic) bond motifs is 1. The molecule has 1 aromatic carbocycles. The Morgan fingerprint density at radius 2 is 1.90 bits per heavy atom. The summed E-state index contributed by atoms with van der Waals surface area (Å²) < 4.78 is 17.2. The molecule has 3 rings (SSSR count). The molecule has 168 valence electrons. The summed E-state index contributed by atoms with van der Waals surface area (Å²) in [6.45, 7) is 2.60. The summed E-state index contributed by atoms with van der Waals surface area (Å²) >= 11 is 0. The Kier molecular flexibility index (Phi) is 6.56. The molecule has 2 aliphatic rings. The Morgan fingerprint density at radius 1 is 1.20 bits per heavy atom. The van der Waals surface area contributed by atoms with Crippen molar-refractivity contribution in [3.63, 3.8) is 0 Å². The second kappa shape index (κ2) is 8.66. The van der Waals surface area contributed by atoms with Crippen LogP contribution in [0.4, 0.5) is 0 Å². The first-order chi connectivity index (χ1) is 14.0. The van der Waals surface area contributed by atoms with Crippen LogP contribution in [0.15, 0.2) is 12.1 Å². The van der Waals surface area contributed by atoms with Gasteiger partial charge in [-0.15, -0.1) is 0 Å². The van der Waals surface area contributed by atoms with Crippen LogP contribution in [-0.4, -0.2) is 85.6 Å². The van der Waals surface area contributed by atoms with E-state index in [0.717, 1.165) is 5.56 Å². The average Bonchev–Trinajstić information content (AvgIpc) is 3.12. The lowest BCUT2D eigenvalue weighted by atomic mass is 9.96. The van der Waals surface area contributed by atoms with Gasteiger partial charge in [0.2, 0.25) is 6.29 Å². The molecule has 0 amide bonds. The van der Waals surface area contributed by atoms with Crippen molar-refractivity contribution in [2.75, 3.05) is 6.61 Å². The third kappa shape index (κ3) is 4.53. The highest BCUT2D eigenvalue weighted by Gasteiger charge is 2.46. The standard InChI is InChI=1S/C20H28O10/c1-20(2,27)12-7-10-4-3-9(5-6-13(22)23)17(18(10)29-12)30-19-16(26)15(25)14(24)11(8-21)28-19/h3-4,11-12,14-16,19,21,24-27H,5-8H2,1-2H3,(H,22,23)/t11-,12?,14-,15+,16-,19+/m1/s1. The first-order valence-corrected chi connectivity index (χ1v) is 9.75. The fraction of sp³-hybridized carbons (Fsp3) is 0.650. The Bertz CT molecular complexity index is 772. The predicted octanol–water partition coefficient (Wildman–Crippen LogP) is -1.04. The summed E-state index contributed by atoms with van der Waals surface area (Å²) in [5.41, 5.74) is 0.0472. The van der Waals surface area contributed by atoms with Crippen LogP contribution >= 0.6 is 0 Å². The first-order valence-electron chi connectivity index (χ1n) is 9.75. The first kappa shape index (κ1) is 22.7. The molecule has 1 fully saturated rings. The molecule has 30 heavy (non-hydrogen) atoms. The number of hydrogen-bond donors (Lipinski definition) is 6. The van der Waals surface area contributed by atoms with E-state index in [1.165, 1.54) is 0 Å². The maximum atomic E-state index is 11.0. The molecule has 6 atom stereocenters. The van der Waals surface area contributed by atoms with Crippen molar-refractivity contribution in [3.8, 4) is 11.5 Å². The monoisotopic (exact) mass is 428 g/mol. The molecule has 0 radical (unpaired) electrons. The molecule has 0 aliphatic carbocycles. The van der Waals surface area contributed by atoms with Crippen LogP contribution in [0.25, 0.3) is 0 Å². The van der Waals surface area contributed by atoms with Gasteiger partial charge in [-0.3, -0.25) is 4.79 Å². The van der Waals surface area contributed by atoms with Gasteiger partial charge in [-0.2, -0.15) is 0 Å². The minimum atomic E-state index is -1.63. The van der Waals surface area contributed by atoms with Gasteiger partial charge in [0.25, 0.3) is 0 Å². The SMILES string of the molecule is CC(C)(O)C1Cc2ccc(CCC(=O)O)c(O[C@@H]3O[C@H](CO)[C@@H](O)[C@H](O)[C@H]3O)c2O1. The molecule has 0 aromatic heterocycles. The molecule has 6 N–H and O–H groups in total. The highest BCUT2D eigenvalue weighted by atomic mass is 16.7. The quantitative estimate of drug-likeness (QED) is 0.316. The number of ether oxygens (including phenoxy) is 3. The average molecular weight is 428 g/mol.